The Morgan fingerprint density at radius 1 is 1.56 bits per heavy atom. The fraction of sp³-hybridized carbons (Fsp3) is 0.462. The molecule has 0 saturated carbocycles. The number of benzene rings is 1. The zero-order valence-electron chi connectivity index (χ0n) is 10.3. The Balaban J connectivity index is 2.04. The van der Waals surface area contributed by atoms with Gasteiger partial charge in [-0.15, -0.1) is 0 Å². The van der Waals surface area contributed by atoms with Crippen molar-refractivity contribution in [1.82, 2.24) is 0 Å². The van der Waals surface area contributed by atoms with Crippen LogP contribution in [0.2, 0.25) is 0 Å². The van der Waals surface area contributed by atoms with Gasteiger partial charge in [-0.1, -0.05) is 6.07 Å². The van der Waals surface area contributed by atoms with Crippen molar-refractivity contribution in [2.45, 2.75) is 25.0 Å². The van der Waals surface area contributed by atoms with E-state index in [-0.39, 0.29) is 17.5 Å². The Hall–Kier alpha value is -1.62. The summed E-state index contributed by atoms with van der Waals surface area (Å²) in [4.78, 5) is 6.25. The molecule has 1 saturated heterocycles. The van der Waals surface area contributed by atoms with E-state index in [0.29, 0.717) is 19.1 Å². The van der Waals surface area contributed by atoms with Crippen LogP contribution in [0.4, 0.5) is 10.1 Å². The summed E-state index contributed by atoms with van der Waals surface area (Å²) < 4.78 is 19.0. The van der Waals surface area contributed by atoms with Gasteiger partial charge >= 0.3 is 0 Å². The largest absolute Gasteiger partial charge is 0.376 e. The van der Waals surface area contributed by atoms with E-state index >= 15 is 0 Å². The first-order valence-electron chi connectivity index (χ1n) is 6.11. The molecule has 0 aromatic heterocycles. The molecule has 96 valence electrons. The van der Waals surface area contributed by atoms with Gasteiger partial charge in [-0.25, -0.2) is 4.39 Å². The quantitative estimate of drug-likeness (QED) is 0.820. The molecule has 2 atom stereocenters. The van der Waals surface area contributed by atoms with Crippen molar-refractivity contribution < 1.29 is 9.13 Å². The fourth-order valence-electron chi connectivity index (χ4n) is 2.86. The number of guanidine groups is 1. The van der Waals surface area contributed by atoms with Crippen molar-refractivity contribution in [3.63, 3.8) is 0 Å². The first-order valence-corrected chi connectivity index (χ1v) is 6.11. The molecule has 1 aromatic rings. The van der Waals surface area contributed by atoms with Crippen LogP contribution in [-0.2, 0) is 4.74 Å². The van der Waals surface area contributed by atoms with Crippen LogP contribution in [0.5, 0.6) is 0 Å². The number of rotatable bonds is 1. The normalized spacial score (nSPS) is 31.1. The number of ether oxygens (including phenoxy) is 1. The standard InChI is InChI=1S/C13H16FN3O/c1-9-13(5-6-18-9)8-16-12(15)17(13)11-4-2-3-10(14)7-11/h2-4,7,9H,5-6,8H2,1H3,(H2,15,16). The minimum atomic E-state index is -0.270. The number of anilines is 1. The minimum Gasteiger partial charge on any atom is -0.376 e. The molecule has 2 N–H and O–H groups in total. The molecule has 2 unspecified atom stereocenters. The lowest BCUT2D eigenvalue weighted by molar-refractivity contribution is 0.100. The third-order valence-corrected chi connectivity index (χ3v) is 3.92. The first-order chi connectivity index (χ1) is 8.63. The Labute approximate surface area is 105 Å². The molecule has 1 spiro atoms. The van der Waals surface area contributed by atoms with Gasteiger partial charge in [0.15, 0.2) is 5.96 Å². The second kappa shape index (κ2) is 3.95. The molecule has 1 fully saturated rings. The summed E-state index contributed by atoms with van der Waals surface area (Å²) in [5, 5.41) is 0. The van der Waals surface area contributed by atoms with Crippen molar-refractivity contribution in [3.8, 4) is 0 Å². The second-order valence-electron chi connectivity index (χ2n) is 4.86. The van der Waals surface area contributed by atoms with Crippen molar-refractivity contribution in [2.24, 2.45) is 10.7 Å². The summed E-state index contributed by atoms with van der Waals surface area (Å²) in [6.45, 7) is 3.32. The zero-order valence-corrected chi connectivity index (χ0v) is 10.3. The molecule has 0 bridgehead atoms. The van der Waals surface area contributed by atoms with E-state index in [1.54, 1.807) is 6.07 Å². The highest BCUT2D eigenvalue weighted by Crippen LogP contribution is 2.39. The van der Waals surface area contributed by atoms with Crippen LogP contribution in [0.3, 0.4) is 0 Å². The highest BCUT2D eigenvalue weighted by molar-refractivity contribution is 5.98. The van der Waals surface area contributed by atoms with Gasteiger partial charge in [0.25, 0.3) is 0 Å². The predicted molar refractivity (Wildman–Crippen MR) is 68.1 cm³/mol. The molecule has 18 heavy (non-hydrogen) atoms. The lowest BCUT2D eigenvalue weighted by atomic mass is 9.90. The molecule has 5 heteroatoms. The van der Waals surface area contributed by atoms with Gasteiger partial charge in [0.1, 0.15) is 5.82 Å². The fourth-order valence-corrected chi connectivity index (χ4v) is 2.86. The van der Waals surface area contributed by atoms with Crippen molar-refractivity contribution >= 4 is 11.6 Å². The average molecular weight is 249 g/mol. The molecule has 2 aliphatic heterocycles. The number of halogens is 1. The maximum Gasteiger partial charge on any atom is 0.196 e. The smallest absolute Gasteiger partial charge is 0.196 e. The van der Waals surface area contributed by atoms with Crippen molar-refractivity contribution in [2.75, 3.05) is 18.1 Å². The highest BCUT2D eigenvalue weighted by atomic mass is 19.1. The molecule has 4 nitrogen and oxygen atoms in total. The molecule has 0 aliphatic carbocycles. The minimum absolute atomic E-state index is 0.0329. The van der Waals surface area contributed by atoms with Gasteiger partial charge in [-0.3, -0.25) is 4.99 Å². The second-order valence-corrected chi connectivity index (χ2v) is 4.86. The molecule has 2 heterocycles. The van der Waals surface area contributed by atoms with Gasteiger partial charge in [-0.2, -0.15) is 0 Å². The monoisotopic (exact) mass is 249 g/mol. The van der Waals surface area contributed by atoms with E-state index in [9.17, 15) is 4.39 Å². The number of hydrogen-bond donors (Lipinski definition) is 1. The lowest BCUT2D eigenvalue weighted by Gasteiger charge is -2.38. The summed E-state index contributed by atoms with van der Waals surface area (Å²) in [7, 11) is 0. The van der Waals surface area contributed by atoms with Crippen LogP contribution in [-0.4, -0.2) is 30.8 Å². The van der Waals surface area contributed by atoms with Crippen LogP contribution in [0.25, 0.3) is 0 Å². The summed E-state index contributed by atoms with van der Waals surface area (Å²) in [5.41, 5.74) is 6.47. The molecule has 0 radical (unpaired) electrons. The van der Waals surface area contributed by atoms with Crippen molar-refractivity contribution in [3.05, 3.63) is 30.1 Å². The van der Waals surface area contributed by atoms with Crippen LogP contribution in [0.1, 0.15) is 13.3 Å². The number of hydrogen-bond acceptors (Lipinski definition) is 4. The van der Waals surface area contributed by atoms with Gasteiger partial charge in [0.2, 0.25) is 0 Å². The third kappa shape index (κ3) is 1.50. The van der Waals surface area contributed by atoms with E-state index in [2.05, 4.69) is 4.99 Å². The van der Waals surface area contributed by atoms with Crippen LogP contribution in [0, 0.1) is 5.82 Å². The lowest BCUT2D eigenvalue weighted by Crippen LogP contribution is -2.56. The number of nitrogens with two attached hydrogens (primary N) is 1. The summed E-state index contributed by atoms with van der Waals surface area (Å²) in [6.07, 6.45) is 0.889. The Morgan fingerprint density at radius 2 is 2.39 bits per heavy atom. The van der Waals surface area contributed by atoms with Gasteiger partial charge in [-0.05, 0) is 31.5 Å². The van der Waals surface area contributed by atoms with Crippen LogP contribution in [0.15, 0.2) is 29.3 Å². The van der Waals surface area contributed by atoms with E-state index in [1.165, 1.54) is 12.1 Å². The SMILES string of the molecule is CC1OCCC12CN=C(N)N2c1cccc(F)c1. The number of aliphatic imine (C=N–C) groups is 1. The number of nitrogens with zero attached hydrogens (tertiary/aromatic N) is 2. The average Bonchev–Trinajstić information content (AvgIpc) is 2.85. The van der Waals surface area contributed by atoms with Gasteiger partial charge < -0.3 is 15.4 Å². The molecule has 3 rings (SSSR count). The Bertz CT molecular complexity index is 505. The van der Waals surface area contributed by atoms with E-state index in [1.807, 2.05) is 17.9 Å². The Kier molecular flexibility index (Phi) is 2.52. The van der Waals surface area contributed by atoms with Crippen LogP contribution >= 0.6 is 0 Å². The first kappa shape index (κ1) is 11.5. The Morgan fingerprint density at radius 3 is 3.06 bits per heavy atom. The molecule has 2 aliphatic rings. The molecular weight excluding hydrogens is 233 g/mol. The maximum atomic E-state index is 13.4. The van der Waals surface area contributed by atoms with Gasteiger partial charge in [0, 0.05) is 12.3 Å². The van der Waals surface area contributed by atoms with E-state index in [0.717, 1.165) is 12.1 Å². The van der Waals surface area contributed by atoms with E-state index in [4.69, 9.17) is 10.5 Å². The topological polar surface area (TPSA) is 50.9 Å². The molecule has 1 aromatic carbocycles. The predicted octanol–water partition coefficient (Wildman–Crippen LogP) is 1.51. The summed E-state index contributed by atoms with van der Waals surface area (Å²) >= 11 is 0. The third-order valence-electron chi connectivity index (χ3n) is 3.92. The summed E-state index contributed by atoms with van der Waals surface area (Å²) in [6, 6.07) is 6.45. The highest BCUT2D eigenvalue weighted by Gasteiger charge is 2.51. The maximum absolute atomic E-state index is 13.4. The van der Waals surface area contributed by atoms with E-state index < -0.39 is 0 Å². The molecule has 0 amide bonds. The zero-order chi connectivity index (χ0) is 12.8. The van der Waals surface area contributed by atoms with Crippen molar-refractivity contribution in [1.29, 1.82) is 0 Å². The summed E-state index contributed by atoms with van der Waals surface area (Å²) in [5.74, 6) is 0.173. The molecular formula is C13H16FN3O. The van der Waals surface area contributed by atoms with Crippen LogP contribution < -0.4 is 10.6 Å². The van der Waals surface area contributed by atoms with Gasteiger partial charge in [0.05, 0.1) is 18.2 Å².